The molecule has 4 atom stereocenters. The number of hydrogen-bond donors (Lipinski definition) is 2. The highest BCUT2D eigenvalue weighted by Crippen LogP contribution is 2.42. The molecule has 228 valence electrons. The van der Waals surface area contributed by atoms with Crippen LogP contribution in [0.4, 0.5) is 0 Å². The molecule has 8 nitrogen and oxygen atoms in total. The summed E-state index contributed by atoms with van der Waals surface area (Å²) in [5.41, 5.74) is -0.612. The van der Waals surface area contributed by atoms with Crippen LogP contribution in [0.25, 0.3) is 0 Å². The molecule has 10 heteroatoms. The van der Waals surface area contributed by atoms with Gasteiger partial charge in [-0.2, -0.15) is 0 Å². The first-order chi connectivity index (χ1) is 19.3. The molecular weight excluding hydrogens is 560 g/mol. The van der Waals surface area contributed by atoms with Gasteiger partial charge >= 0.3 is 0 Å². The van der Waals surface area contributed by atoms with Crippen molar-refractivity contribution in [3.63, 3.8) is 0 Å². The highest BCUT2D eigenvalue weighted by Gasteiger charge is 2.42. The van der Waals surface area contributed by atoms with E-state index >= 15 is 0 Å². The van der Waals surface area contributed by atoms with E-state index in [-0.39, 0.29) is 46.3 Å². The van der Waals surface area contributed by atoms with Crippen molar-refractivity contribution in [3.8, 4) is 0 Å². The Bertz CT molecular complexity index is 1020. The number of amides is 4. The zero-order chi connectivity index (χ0) is 29.9. The first-order valence-corrected chi connectivity index (χ1v) is 17.0. The van der Waals surface area contributed by atoms with Crippen LogP contribution in [0.15, 0.2) is 22.0 Å². The molecule has 0 aromatic carbocycles. The third kappa shape index (κ3) is 8.27. The van der Waals surface area contributed by atoms with E-state index in [2.05, 4.69) is 0 Å². The molecule has 4 unspecified atom stereocenters. The Morgan fingerprint density at radius 3 is 1.51 bits per heavy atom. The van der Waals surface area contributed by atoms with Crippen LogP contribution in [0.5, 0.6) is 0 Å². The molecule has 0 radical (unpaired) electrons. The monoisotopic (exact) mass is 606 g/mol. The van der Waals surface area contributed by atoms with E-state index in [1.54, 1.807) is 35.7 Å². The van der Waals surface area contributed by atoms with E-state index in [9.17, 15) is 29.4 Å². The molecule has 0 aromatic heterocycles. The highest BCUT2D eigenvalue weighted by atomic mass is 32.2. The number of hydrogen-bond acceptors (Lipinski definition) is 8. The van der Waals surface area contributed by atoms with Gasteiger partial charge in [-0.05, 0) is 80.1 Å². The summed E-state index contributed by atoms with van der Waals surface area (Å²) in [5, 5.41) is 21.2. The fourth-order valence-corrected chi connectivity index (χ4v) is 8.55. The SMILES string of the molecule is CC(C)(CCC(O)CCCC(O)CCC(C)(C)CN1C(=O)C=C2SCCC2C1=O)CN1C(=O)C=C2SCCC2C1=O. The number of carbonyl (C=O) groups excluding carboxylic acids is 4. The van der Waals surface area contributed by atoms with Crippen molar-refractivity contribution in [3.05, 3.63) is 22.0 Å². The molecule has 2 saturated heterocycles. The van der Waals surface area contributed by atoms with Gasteiger partial charge in [-0.3, -0.25) is 29.0 Å². The van der Waals surface area contributed by atoms with E-state index in [0.29, 0.717) is 58.0 Å². The van der Waals surface area contributed by atoms with Crippen LogP contribution in [-0.2, 0) is 19.2 Å². The third-order valence-electron chi connectivity index (χ3n) is 8.78. The maximum Gasteiger partial charge on any atom is 0.254 e. The zero-order valence-electron chi connectivity index (χ0n) is 24.9. The summed E-state index contributed by atoms with van der Waals surface area (Å²) in [6.45, 7) is 8.82. The fraction of sp³-hybridized carbons (Fsp3) is 0.742. The van der Waals surface area contributed by atoms with Gasteiger partial charge in [-0.1, -0.05) is 27.7 Å². The molecule has 0 bridgehead atoms. The largest absolute Gasteiger partial charge is 0.393 e. The number of imide groups is 2. The summed E-state index contributed by atoms with van der Waals surface area (Å²) in [6.07, 6.45) is 8.15. The van der Waals surface area contributed by atoms with Crippen molar-refractivity contribution >= 4 is 47.2 Å². The van der Waals surface area contributed by atoms with Crippen molar-refractivity contribution in [2.45, 2.75) is 97.7 Å². The van der Waals surface area contributed by atoms with E-state index in [0.717, 1.165) is 34.2 Å². The number of rotatable bonds is 14. The van der Waals surface area contributed by atoms with Gasteiger partial charge in [-0.15, -0.1) is 23.5 Å². The molecule has 41 heavy (non-hydrogen) atoms. The van der Waals surface area contributed by atoms with Crippen LogP contribution in [0.2, 0.25) is 0 Å². The number of nitrogens with zero attached hydrogens (tertiary/aromatic N) is 2. The van der Waals surface area contributed by atoms with Crippen molar-refractivity contribution in [1.82, 2.24) is 9.80 Å². The minimum Gasteiger partial charge on any atom is -0.393 e. The molecule has 0 spiro atoms. The predicted octanol–water partition coefficient (Wildman–Crippen LogP) is 4.50. The Morgan fingerprint density at radius 2 is 1.12 bits per heavy atom. The summed E-state index contributed by atoms with van der Waals surface area (Å²) in [7, 11) is 0. The maximum absolute atomic E-state index is 12.9. The van der Waals surface area contributed by atoms with Gasteiger partial charge in [0, 0.05) is 35.1 Å². The predicted molar refractivity (Wildman–Crippen MR) is 163 cm³/mol. The molecule has 4 aliphatic rings. The van der Waals surface area contributed by atoms with Crippen LogP contribution in [0.3, 0.4) is 0 Å². The van der Waals surface area contributed by atoms with E-state index in [1.165, 1.54) is 9.80 Å². The molecular formula is C31H46N2O6S2. The van der Waals surface area contributed by atoms with Crippen LogP contribution in [0.1, 0.15) is 85.5 Å². The van der Waals surface area contributed by atoms with Crippen LogP contribution >= 0.6 is 23.5 Å². The maximum atomic E-state index is 12.9. The average molecular weight is 607 g/mol. The Kier molecular flexibility index (Phi) is 10.5. The van der Waals surface area contributed by atoms with E-state index in [1.807, 2.05) is 27.7 Å². The second-order valence-corrected chi connectivity index (χ2v) is 16.0. The van der Waals surface area contributed by atoms with Crippen molar-refractivity contribution in [1.29, 1.82) is 0 Å². The van der Waals surface area contributed by atoms with Gasteiger partial charge in [0.25, 0.3) is 11.8 Å². The molecule has 2 fully saturated rings. The van der Waals surface area contributed by atoms with E-state index in [4.69, 9.17) is 0 Å². The molecule has 4 rings (SSSR count). The fourth-order valence-electron chi connectivity index (χ4n) is 6.16. The van der Waals surface area contributed by atoms with Gasteiger partial charge in [0.2, 0.25) is 11.8 Å². The minimum atomic E-state index is -0.508. The number of thioether (sulfide) groups is 2. The lowest BCUT2D eigenvalue weighted by Crippen LogP contribution is -2.47. The molecule has 0 saturated carbocycles. The number of fused-ring (bicyclic) bond motifs is 2. The Balaban J connectivity index is 1.13. The lowest BCUT2D eigenvalue weighted by molar-refractivity contribution is -0.148. The Morgan fingerprint density at radius 1 is 0.732 bits per heavy atom. The molecule has 4 amide bonds. The summed E-state index contributed by atoms with van der Waals surface area (Å²) in [6, 6.07) is 0. The summed E-state index contributed by atoms with van der Waals surface area (Å²) >= 11 is 3.21. The molecule has 0 aromatic rings. The molecule has 2 N–H and O–H groups in total. The average Bonchev–Trinajstić information content (AvgIpc) is 3.56. The highest BCUT2D eigenvalue weighted by molar-refractivity contribution is 8.03. The van der Waals surface area contributed by atoms with Gasteiger partial charge in [0.05, 0.1) is 24.0 Å². The smallest absolute Gasteiger partial charge is 0.254 e. The van der Waals surface area contributed by atoms with Crippen molar-refractivity contribution in [2.75, 3.05) is 24.6 Å². The minimum absolute atomic E-state index is 0.0868. The Hall–Kier alpha value is -1.62. The van der Waals surface area contributed by atoms with Gasteiger partial charge in [0.15, 0.2) is 0 Å². The third-order valence-corrected chi connectivity index (χ3v) is 11.1. The number of aliphatic hydroxyl groups is 2. The lowest BCUT2D eigenvalue weighted by atomic mass is 9.84. The topological polar surface area (TPSA) is 115 Å². The van der Waals surface area contributed by atoms with Crippen LogP contribution < -0.4 is 0 Å². The summed E-state index contributed by atoms with van der Waals surface area (Å²) in [5.74, 6) is 0.801. The molecule has 4 aliphatic heterocycles. The zero-order valence-corrected chi connectivity index (χ0v) is 26.5. The van der Waals surface area contributed by atoms with Crippen LogP contribution in [0, 0.1) is 22.7 Å². The normalized spacial score (nSPS) is 24.8. The quantitative estimate of drug-likeness (QED) is 0.278. The van der Waals surface area contributed by atoms with Crippen molar-refractivity contribution < 1.29 is 29.4 Å². The first kappa shape index (κ1) is 32.3. The summed E-state index contributed by atoms with van der Waals surface area (Å²) in [4.78, 5) is 55.4. The van der Waals surface area contributed by atoms with Gasteiger partial charge in [-0.25, -0.2) is 0 Å². The van der Waals surface area contributed by atoms with Gasteiger partial charge in [0.1, 0.15) is 0 Å². The number of aliphatic hydroxyl groups excluding tert-OH is 2. The Labute approximate surface area is 252 Å². The second-order valence-electron chi connectivity index (χ2n) is 13.6. The standard InChI is InChI=1S/C31H46N2O6S2/c1-30(2,18-32-26(36)16-24-22(28(32)38)10-14-40-24)12-8-20(34)6-5-7-21(35)9-13-31(3,4)19-33-27(37)17-25-23(29(33)39)11-15-41-25/h16-17,20-23,34-35H,5-15,18-19H2,1-4H3. The lowest BCUT2D eigenvalue weighted by Gasteiger charge is -2.35. The van der Waals surface area contributed by atoms with Gasteiger partial charge < -0.3 is 10.2 Å². The second kappa shape index (κ2) is 13.3. The van der Waals surface area contributed by atoms with Crippen molar-refractivity contribution in [2.24, 2.45) is 22.7 Å². The first-order valence-electron chi connectivity index (χ1n) is 15.0. The van der Waals surface area contributed by atoms with Crippen LogP contribution in [-0.4, -0.2) is 80.4 Å². The van der Waals surface area contributed by atoms with E-state index < -0.39 is 12.2 Å². The molecule has 4 heterocycles. The molecule has 0 aliphatic carbocycles. The number of carbonyl (C=O) groups is 4. The summed E-state index contributed by atoms with van der Waals surface area (Å²) < 4.78 is 0.